The number of aromatic nitrogens is 1. The second-order valence-electron chi connectivity index (χ2n) is 3.51. The van der Waals surface area contributed by atoms with E-state index in [0.29, 0.717) is 12.1 Å². The number of likely N-dealkylation sites (N-methyl/N-ethyl adjacent to an activating group) is 1. The van der Waals surface area contributed by atoms with Crippen molar-refractivity contribution in [3.63, 3.8) is 0 Å². The minimum atomic E-state index is -1.03. The van der Waals surface area contributed by atoms with Gasteiger partial charge < -0.3 is 14.5 Å². The number of nitrogens with zero attached hydrogens (tertiary/aromatic N) is 2. The molecule has 1 N–H and O–H groups in total. The van der Waals surface area contributed by atoms with Gasteiger partial charge in [0, 0.05) is 13.1 Å². The maximum atomic E-state index is 11.8. The lowest BCUT2D eigenvalue weighted by molar-refractivity contribution is -0.142. The van der Waals surface area contributed by atoms with Crippen LogP contribution in [0.5, 0.6) is 0 Å². The van der Waals surface area contributed by atoms with Gasteiger partial charge in [-0.05, 0) is 13.3 Å². The van der Waals surface area contributed by atoms with Gasteiger partial charge in [0.15, 0.2) is 0 Å². The van der Waals surface area contributed by atoms with Crippen molar-refractivity contribution in [1.29, 1.82) is 0 Å². The van der Waals surface area contributed by atoms with E-state index in [9.17, 15) is 9.59 Å². The Labute approximate surface area is 92.8 Å². The highest BCUT2D eigenvalue weighted by Gasteiger charge is 2.27. The number of carboxylic acid groups (broad SMARTS) is 1. The first kappa shape index (κ1) is 12.2. The van der Waals surface area contributed by atoms with E-state index in [1.165, 1.54) is 13.1 Å². The molecule has 1 atom stereocenters. The van der Waals surface area contributed by atoms with Gasteiger partial charge in [0.25, 0.3) is 5.91 Å². The van der Waals surface area contributed by atoms with Gasteiger partial charge in [-0.2, -0.15) is 0 Å². The molecule has 0 saturated heterocycles. The van der Waals surface area contributed by atoms with Gasteiger partial charge in [0.2, 0.25) is 5.76 Å². The van der Waals surface area contributed by atoms with Gasteiger partial charge in [-0.1, -0.05) is 12.1 Å². The summed E-state index contributed by atoms with van der Waals surface area (Å²) in [5.41, 5.74) is 0.583. The zero-order valence-corrected chi connectivity index (χ0v) is 9.43. The van der Waals surface area contributed by atoms with Crippen molar-refractivity contribution in [2.75, 3.05) is 7.05 Å². The van der Waals surface area contributed by atoms with E-state index in [4.69, 9.17) is 9.63 Å². The van der Waals surface area contributed by atoms with E-state index in [1.807, 2.05) is 0 Å². The smallest absolute Gasteiger partial charge is 0.326 e. The largest absolute Gasteiger partial charge is 0.480 e. The van der Waals surface area contributed by atoms with Crippen LogP contribution >= 0.6 is 0 Å². The molecule has 0 saturated carbocycles. The van der Waals surface area contributed by atoms with Gasteiger partial charge in [0.1, 0.15) is 6.04 Å². The summed E-state index contributed by atoms with van der Waals surface area (Å²) < 4.78 is 4.79. The maximum Gasteiger partial charge on any atom is 0.326 e. The summed E-state index contributed by atoms with van der Waals surface area (Å²) in [6.07, 6.45) is 0.338. The Morgan fingerprint density at radius 3 is 2.62 bits per heavy atom. The lowest BCUT2D eigenvalue weighted by Gasteiger charge is -2.22. The molecule has 0 fully saturated rings. The zero-order chi connectivity index (χ0) is 12.3. The first-order valence-electron chi connectivity index (χ1n) is 4.90. The molecule has 0 aliphatic carbocycles. The summed E-state index contributed by atoms with van der Waals surface area (Å²) in [6, 6.07) is 0.630. The summed E-state index contributed by atoms with van der Waals surface area (Å²) in [7, 11) is 1.43. The molecule has 0 bridgehead atoms. The van der Waals surface area contributed by atoms with E-state index >= 15 is 0 Å². The van der Waals surface area contributed by atoms with Gasteiger partial charge in [0.05, 0.1) is 5.69 Å². The lowest BCUT2D eigenvalue weighted by Crippen LogP contribution is -2.41. The van der Waals surface area contributed by atoms with Crippen LogP contribution in [-0.2, 0) is 4.79 Å². The van der Waals surface area contributed by atoms with Crippen LogP contribution in [0.3, 0.4) is 0 Å². The number of carboxylic acids is 1. The van der Waals surface area contributed by atoms with Gasteiger partial charge in [-0.15, -0.1) is 0 Å². The van der Waals surface area contributed by atoms with E-state index in [0.717, 1.165) is 4.90 Å². The number of aryl methyl sites for hydroxylation is 1. The summed E-state index contributed by atoms with van der Waals surface area (Å²) in [5, 5.41) is 12.5. The van der Waals surface area contributed by atoms with E-state index < -0.39 is 17.9 Å². The molecule has 0 radical (unpaired) electrons. The molecule has 6 nitrogen and oxygen atoms in total. The normalized spacial score (nSPS) is 12.2. The standard InChI is InChI=1S/C10H14N2O4/c1-4-7(10(14)15)12(3)9(13)8-5-6(2)11-16-8/h5,7H,4H2,1-3H3,(H,14,15). The van der Waals surface area contributed by atoms with Crippen molar-refractivity contribution >= 4 is 11.9 Å². The number of aliphatic carboxylic acids is 1. The van der Waals surface area contributed by atoms with Crippen molar-refractivity contribution in [3.05, 3.63) is 17.5 Å². The van der Waals surface area contributed by atoms with Crippen LogP contribution in [0.1, 0.15) is 29.6 Å². The maximum absolute atomic E-state index is 11.8. The Balaban J connectivity index is 2.85. The molecule has 88 valence electrons. The Hall–Kier alpha value is -1.85. The molecule has 1 unspecified atom stereocenters. The topological polar surface area (TPSA) is 83.6 Å². The van der Waals surface area contributed by atoms with E-state index in [2.05, 4.69) is 5.16 Å². The number of amides is 1. The molecule has 0 aliphatic heterocycles. The number of rotatable bonds is 4. The predicted octanol–water partition coefficient (Wildman–Crippen LogP) is 0.918. The second kappa shape index (κ2) is 4.78. The zero-order valence-electron chi connectivity index (χ0n) is 9.43. The fraction of sp³-hybridized carbons (Fsp3) is 0.500. The third kappa shape index (κ3) is 2.39. The first-order valence-corrected chi connectivity index (χ1v) is 4.90. The van der Waals surface area contributed by atoms with Crippen molar-refractivity contribution in [2.24, 2.45) is 0 Å². The Morgan fingerprint density at radius 1 is 1.62 bits per heavy atom. The van der Waals surface area contributed by atoms with Crippen LogP contribution in [-0.4, -0.2) is 40.1 Å². The highest BCUT2D eigenvalue weighted by Crippen LogP contribution is 2.10. The molecular weight excluding hydrogens is 212 g/mol. The molecule has 1 aromatic rings. The molecule has 1 rings (SSSR count). The second-order valence-corrected chi connectivity index (χ2v) is 3.51. The molecule has 0 aromatic carbocycles. The van der Waals surface area contributed by atoms with Crippen LogP contribution in [0.4, 0.5) is 0 Å². The summed E-state index contributed by atoms with van der Waals surface area (Å²) in [5.74, 6) is -1.45. The monoisotopic (exact) mass is 226 g/mol. The molecule has 1 aromatic heterocycles. The van der Waals surface area contributed by atoms with Crippen LogP contribution in [0.15, 0.2) is 10.6 Å². The quantitative estimate of drug-likeness (QED) is 0.825. The molecule has 0 spiro atoms. The number of carbonyl (C=O) groups is 2. The summed E-state index contributed by atoms with van der Waals surface area (Å²) >= 11 is 0. The van der Waals surface area contributed by atoms with E-state index in [1.54, 1.807) is 13.8 Å². The van der Waals surface area contributed by atoms with Crippen molar-refractivity contribution in [2.45, 2.75) is 26.3 Å². The molecule has 16 heavy (non-hydrogen) atoms. The number of hydrogen-bond donors (Lipinski definition) is 1. The SMILES string of the molecule is CCC(C(=O)O)N(C)C(=O)c1cc(C)no1. The predicted molar refractivity (Wildman–Crippen MR) is 55.0 cm³/mol. The highest BCUT2D eigenvalue weighted by atomic mass is 16.5. The molecule has 1 amide bonds. The minimum Gasteiger partial charge on any atom is -0.480 e. The van der Waals surface area contributed by atoms with E-state index in [-0.39, 0.29) is 5.76 Å². The van der Waals surface area contributed by atoms with Gasteiger partial charge in [-0.3, -0.25) is 4.79 Å². The molecule has 0 aliphatic rings. The van der Waals surface area contributed by atoms with Crippen molar-refractivity contribution in [3.8, 4) is 0 Å². The lowest BCUT2D eigenvalue weighted by atomic mass is 10.2. The van der Waals surface area contributed by atoms with Crippen molar-refractivity contribution in [1.82, 2.24) is 10.1 Å². The number of carbonyl (C=O) groups excluding carboxylic acids is 1. The first-order chi connectivity index (χ1) is 7.47. The minimum absolute atomic E-state index is 0.0553. The molecular formula is C10H14N2O4. The molecule has 1 heterocycles. The van der Waals surface area contributed by atoms with Crippen LogP contribution in [0, 0.1) is 6.92 Å². The highest BCUT2D eigenvalue weighted by molar-refractivity contribution is 5.94. The van der Waals surface area contributed by atoms with Crippen LogP contribution in [0.25, 0.3) is 0 Å². The van der Waals surface area contributed by atoms with Gasteiger partial charge in [-0.25, -0.2) is 4.79 Å². The summed E-state index contributed by atoms with van der Waals surface area (Å²) in [6.45, 7) is 3.39. The third-order valence-electron chi connectivity index (χ3n) is 2.30. The Morgan fingerprint density at radius 2 is 2.25 bits per heavy atom. The van der Waals surface area contributed by atoms with Crippen LogP contribution < -0.4 is 0 Å². The summed E-state index contributed by atoms with van der Waals surface area (Å²) in [4.78, 5) is 23.8. The fourth-order valence-electron chi connectivity index (χ4n) is 1.39. The average molecular weight is 226 g/mol. The Bertz CT molecular complexity index is 399. The van der Waals surface area contributed by atoms with Gasteiger partial charge >= 0.3 is 5.97 Å². The third-order valence-corrected chi connectivity index (χ3v) is 2.30. The number of hydrogen-bond acceptors (Lipinski definition) is 4. The Kier molecular flexibility index (Phi) is 3.65. The average Bonchev–Trinajstić information content (AvgIpc) is 2.64. The fourth-order valence-corrected chi connectivity index (χ4v) is 1.39. The van der Waals surface area contributed by atoms with Crippen molar-refractivity contribution < 1.29 is 19.2 Å². The molecule has 6 heteroatoms. The van der Waals surface area contributed by atoms with Crippen LogP contribution in [0.2, 0.25) is 0 Å².